The number of carbonyl (C=O) groups is 2. The highest BCUT2D eigenvalue weighted by Crippen LogP contribution is 2.29. The number of rotatable bonds is 4. The van der Waals surface area contributed by atoms with Crippen molar-refractivity contribution in [1.82, 2.24) is 10.6 Å². The summed E-state index contributed by atoms with van der Waals surface area (Å²) in [5.74, 6) is 1.10. The normalized spacial score (nSPS) is 25.1. The van der Waals surface area contributed by atoms with Gasteiger partial charge < -0.3 is 11.1 Å². The summed E-state index contributed by atoms with van der Waals surface area (Å²) in [5.41, 5.74) is 4.81. The molecule has 0 heterocycles. The molecule has 0 aromatic rings. The number of nitrogens with one attached hydrogen (secondary N) is 2. The smallest absolute Gasteiger partial charge is 0.318 e. The van der Waals surface area contributed by atoms with Gasteiger partial charge in [-0.1, -0.05) is 13.3 Å². The Hall–Kier alpha value is -1.10. The summed E-state index contributed by atoms with van der Waals surface area (Å²) in [6.07, 6.45) is 3.73. The summed E-state index contributed by atoms with van der Waals surface area (Å²) in [5, 5.41) is 5.05. The Kier molecular flexibility index (Phi) is 4.55. The van der Waals surface area contributed by atoms with E-state index in [1.165, 1.54) is 19.3 Å². The first kappa shape index (κ1) is 12.0. The number of nitrogens with two attached hydrogens (primary N) is 1. The first-order chi connectivity index (χ1) is 7.08. The molecule has 0 radical (unpaired) electrons. The van der Waals surface area contributed by atoms with E-state index in [-0.39, 0.29) is 12.5 Å². The van der Waals surface area contributed by atoms with Crippen LogP contribution >= 0.6 is 0 Å². The lowest BCUT2D eigenvalue weighted by Gasteiger charge is -2.10. The first-order valence-electron chi connectivity index (χ1n) is 5.38. The molecule has 0 aliphatic heterocycles. The fraction of sp³-hybridized carbons (Fsp3) is 0.800. The predicted octanol–water partition coefficient (Wildman–Crippen LogP) is 0.207. The molecule has 0 spiro atoms. The number of amides is 3. The van der Waals surface area contributed by atoms with Crippen LogP contribution in [0.1, 0.15) is 26.2 Å². The quantitative estimate of drug-likeness (QED) is 0.624. The van der Waals surface area contributed by atoms with Crippen LogP contribution in [0.5, 0.6) is 0 Å². The van der Waals surface area contributed by atoms with Crippen LogP contribution in [-0.4, -0.2) is 25.0 Å². The summed E-state index contributed by atoms with van der Waals surface area (Å²) in [6, 6.07) is -0.795. The van der Waals surface area contributed by atoms with Crippen LogP contribution in [-0.2, 0) is 4.79 Å². The molecule has 0 bridgehead atoms. The zero-order valence-electron chi connectivity index (χ0n) is 9.08. The summed E-state index contributed by atoms with van der Waals surface area (Å²) >= 11 is 0. The van der Waals surface area contributed by atoms with Crippen LogP contribution in [0, 0.1) is 11.8 Å². The number of carbonyl (C=O) groups excluding carboxylic acids is 2. The molecule has 2 atom stereocenters. The van der Waals surface area contributed by atoms with Gasteiger partial charge in [0.2, 0.25) is 5.91 Å². The van der Waals surface area contributed by atoms with E-state index in [4.69, 9.17) is 5.73 Å². The molecule has 5 nitrogen and oxygen atoms in total. The second kappa shape index (κ2) is 5.70. The maximum Gasteiger partial charge on any atom is 0.318 e. The Bertz CT molecular complexity index is 243. The molecule has 1 aliphatic rings. The number of primary amides is 1. The molecule has 0 aromatic heterocycles. The van der Waals surface area contributed by atoms with Gasteiger partial charge >= 0.3 is 6.03 Å². The van der Waals surface area contributed by atoms with Gasteiger partial charge in [-0.05, 0) is 31.2 Å². The van der Waals surface area contributed by atoms with Crippen molar-refractivity contribution < 1.29 is 9.59 Å². The lowest BCUT2D eigenvalue weighted by atomic mass is 10.1. The average molecular weight is 213 g/mol. The molecule has 1 saturated carbocycles. The summed E-state index contributed by atoms with van der Waals surface area (Å²) in [6.45, 7) is 3.25. The minimum atomic E-state index is -0.795. The SMILES string of the molecule is CC1CCC(CNCC(=O)NC(N)=O)C1. The minimum Gasteiger partial charge on any atom is -0.351 e. The van der Waals surface area contributed by atoms with E-state index in [1.54, 1.807) is 0 Å². The van der Waals surface area contributed by atoms with Gasteiger partial charge in [0.25, 0.3) is 0 Å². The molecular formula is C10H19N3O2. The van der Waals surface area contributed by atoms with Gasteiger partial charge in [-0.25, -0.2) is 4.79 Å². The second-order valence-electron chi connectivity index (χ2n) is 4.33. The van der Waals surface area contributed by atoms with Crippen molar-refractivity contribution in [3.8, 4) is 0 Å². The lowest BCUT2D eigenvalue weighted by Crippen LogP contribution is -2.41. The van der Waals surface area contributed by atoms with E-state index < -0.39 is 6.03 Å². The van der Waals surface area contributed by atoms with Gasteiger partial charge in [-0.3, -0.25) is 10.1 Å². The predicted molar refractivity (Wildman–Crippen MR) is 57.1 cm³/mol. The number of imide groups is 1. The highest BCUT2D eigenvalue weighted by Gasteiger charge is 2.20. The number of urea groups is 1. The monoisotopic (exact) mass is 213 g/mol. The molecule has 1 rings (SSSR count). The van der Waals surface area contributed by atoms with E-state index in [9.17, 15) is 9.59 Å². The largest absolute Gasteiger partial charge is 0.351 e. The topological polar surface area (TPSA) is 84.2 Å². The molecule has 3 amide bonds. The Balaban J connectivity index is 2.06. The zero-order valence-corrected chi connectivity index (χ0v) is 9.08. The van der Waals surface area contributed by atoms with E-state index in [2.05, 4.69) is 12.2 Å². The van der Waals surface area contributed by atoms with Crippen molar-refractivity contribution in [2.24, 2.45) is 17.6 Å². The van der Waals surface area contributed by atoms with Crippen molar-refractivity contribution in [2.75, 3.05) is 13.1 Å². The van der Waals surface area contributed by atoms with Gasteiger partial charge in [-0.15, -0.1) is 0 Å². The summed E-state index contributed by atoms with van der Waals surface area (Å²) in [4.78, 5) is 21.4. The summed E-state index contributed by atoms with van der Waals surface area (Å²) < 4.78 is 0. The van der Waals surface area contributed by atoms with Crippen LogP contribution in [0.15, 0.2) is 0 Å². The third-order valence-electron chi connectivity index (χ3n) is 2.78. The molecule has 0 saturated heterocycles. The van der Waals surface area contributed by atoms with Crippen molar-refractivity contribution in [3.05, 3.63) is 0 Å². The highest BCUT2D eigenvalue weighted by molar-refractivity contribution is 5.94. The standard InChI is InChI=1S/C10H19N3O2/c1-7-2-3-8(4-7)5-12-6-9(14)13-10(11)15/h7-8,12H,2-6H2,1H3,(H3,11,13,14,15). The molecule has 5 heteroatoms. The minimum absolute atomic E-state index is 0.161. The van der Waals surface area contributed by atoms with Crippen LogP contribution in [0.25, 0.3) is 0 Å². The van der Waals surface area contributed by atoms with Crippen LogP contribution in [0.2, 0.25) is 0 Å². The average Bonchev–Trinajstić information content (AvgIpc) is 2.50. The fourth-order valence-corrected chi connectivity index (χ4v) is 2.08. The molecule has 1 fully saturated rings. The Labute approximate surface area is 89.8 Å². The van der Waals surface area contributed by atoms with Crippen LogP contribution < -0.4 is 16.4 Å². The molecule has 1 aliphatic carbocycles. The Morgan fingerprint density at radius 1 is 1.40 bits per heavy atom. The number of hydrogen-bond donors (Lipinski definition) is 3. The van der Waals surface area contributed by atoms with Gasteiger partial charge in [0, 0.05) is 0 Å². The third-order valence-corrected chi connectivity index (χ3v) is 2.78. The van der Waals surface area contributed by atoms with Crippen molar-refractivity contribution >= 4 is 11.9 Å². The molecular weight excluding hydrogens is 194 g/mol. The maximum atomic E-state index is 11.0. The van der Waals surface area contributed by atoms with Crippen LogP contribution in [0.3, 0.4) is 0 Å². The molecule has 86 valence electrons. The van der Waals surface area contributed by atoms with Crippen molar-refractivity contribution in [1.29, 1.82) is 0 Å². The second-order valence-corrected chi connectivity index (χ2v) is 4.33. The zero-order chi connectivity index (χ0) is 11.3. The maximum absolute atomic E-state index is 11.0. The van der Waals surface area contributed by atoms with E-state index >= 15 is 0 Å². The molecule has 15 heavy (non-hydrogen) atoms. The van der Waals surface area contributed by atoms with E-state index in [0.717, 1.165) is 12.5 Å². The van der Waals surface area contributed by atoms with Gasteiger partial charge in [-0.2, -0.15) is 0 Å². The van der Waals surface area contributed by atoms with Crippen molar-refractivity contribution in [3.63, 3.8) is 0 Å². The van der Waals surface area contributed by atoms with Gasteiger partial charge in [0.05, 0.1) is 6.54 Å². The molecule has 0 aromatic carbocycles. The summed E-state index contributed by atoms with van der Waals surface area (Å²) in [7, 11) is 0. The van der Waals surface area contributed by atoms with Crippen molar-refractivity contribution in [2.45, 2.75) is 26.2 Å². The van der Waals surface area contributed by atoms with Gasteiger partial charge in [0.15, 0.2) is 0 Å². The first-order valence-corrected chi connectivity index (χ1v) is 5.38. The van der Waals surface area contributed by atoms with E-state index in [0.29, 0.717) is 5.92 Å². The van der Waals surface area contributed by atoms with Crippen LogP contribution in [0.4, 0.5) is 4.79 Å². The Morgan fingerprint density at radius 2 is 2.13 bits per heavy atom. The molecule has 2 unspecified atom stereocenters. The highest BCUT2D eigenvalue weighted by atomic mass is 16.2. The molecule has 4 N–H and O–H groups in total. The lowest BCUT2D eigenvalue weighted by molar-refractivity contribution is -0.119. The Morgan fingerprint density at radius 3 is 2.67 bits per heavy atom. The number of hydrogen-bond acceptors (Lipinski definition) is 3. The third kappa shape index (κ3) is 4.78. The van der Waals surface area contributed by atoms with E-state index in [1.807, 2.05) is 5.32 Å². The van der Waals surface area contributed by atoms with Gasteiger partial charge in [0.1, 0.15) is 0 Å². The fourth-order valence-electron chi connectivity index (χ4n) is 2.08.